The number of carbonyl (C=O) groups excluding carboxylic acids is 3. The fourth-order valence-corrected chi connectivity index (χ4v) is 8.16. The Morgan fingerprint density at radius 3 is 2.57 bits per heavy atom. The van der Waals surface area contributed by atoms with E-state index in [9.17, 15) is 14.4 Å². The van der Waals surface area contributed by atoms with E-state index in [1.165, 1.54) is 5.57 Å². The van der Waals surface area contributed by atoms with Gasteiger partial charge >= 0.3 is 5.97 Å². The average Bonchev–Trinajstić information content (AvgIpc) is 3.44. The van der Waals surface area contributed by atoms with Gasteiger partial charge in [0.15, 0.2) is 17.2 Å². The molecule has 0 aliphatic heterocycles. The van der Waals surface area contributed by atoms with Crippen molar-refractivity contribution in [2.24, 2.45) is 40.4 Å². The molecule has 0 unspecified atom stereocenters. The first-order valence-corrected chi connectivity index (χ1v) is 11.9. The lowest BCUT2D eigenvalue weighted by atomic mass is 9.47. The highest BCUT2D eigenvalue weighted by Gasteiger charge is 2.69. The molecule has 8 atom stereocenters. The zero-order valence-corrected chi connectivity index (χ0v) is 18.7. The van der Waals surface area contributed by atoms with Gasteiger partial charge in [-0.15, -0.1) is 0 Å². The first-order valence-electron chi connectivity index (χ1n) is 11.9. The number of carbonyl (C=O) groups is 3. The molecule has 0 aromatic rings. The summed E-state index contributed by atoms with van der Waals surface area (Å²) in [6.45, 7) is 8.16. The van der Waals surface area contributed by atoms with Crippen LogP contribution in [0.2, 0.25) is 0 Å². The molecule has 3 fully saturated rings. The minimum Gasteiger partial charge on any atom is -0.450 e. The van der Waals surface area contributed by atoms with Gasteiger partial charge in [-0.1, -0.05) is 32.9 Å². The SMILES string of the molecule is CCCC(=O)O[C@]1(C(C)=O)CC[C@H]2[C@@H]3C=CC4=CC(=O)[C@@H]5C[C@@H]5[C@]4(C)[C@H]3CC[C@@]21C. The molecule has 30 heavy (non-hydrogen) atoms. The zero-order valence-electron chi connectivity index (χ0n) is 18.7. The molecule has 5 rings (SSSR count). The molecule has 0 radical (unpaired) electrons. The summed E-state index contributed by atoms with van der Waals surface area (Å²) in [6.07, 6.45) is 12.0. The van der Waals surface area contributed by atoms with Gasteiger partial charge < -0.3 is 4.74 Å². The van der Waals surface area contributed by atoms with Crippen LogP contribution >= 0.6 is 0 Å². The number of ketones is 2. The summed E-state index contributed by atoms with van der Waals surface area (Å²) < 4.78 is 6.06. The molecule has 5 aliphatic rings. The number of ether oxygens (including phenoxy) is 1. The third kappa shape index (κ3) is 2.37. The van der Waals surface area contributed by atoms with E-state index in [1.54, 1.807) is 6.92 Å². The van der Waals surface area contributed by atoms with Crippen molar-refractivity contribution >= 4 is 17.5 Å². The standard InChI is InChI=1S/C26H34O4/c1-5-6-23(29)30-26(15(2)27)12-10-19-17-8-7-16-13-22(28)18-14-21(18)25(16,4)20(17)9-11-24(19,26)3/h7-8,13,17-21H,5-6,9-12,14H2,1-4H3/t17-,18+,19-,20-,21-,24-,25-,26-/m0/s1. The first kappa shape index (κ1) is 20.2. The van der Waals surface area contributed by atoms with Gasteiger partial charge in [-0.25, -0.2) is 0 Å². The molecule has 0 aromatic heterocycles. The van der Waals surface area contributed by atoms with Crippen molar-refractivity contribution in [1.29, 1.82) is 0 Å². The summed E-state index contributed by atoms with van der Waals surface area (Å²) in [4.78, 5) is 37.8. The molecule has 0 heterocycles. The maximum absolute atomic E-state index is 13.0. The lowest BCUT2D eigenvalue weighted by molar-refractivity contribution is -0.187. The maximum Gasteiger partial charge on any atom is 0.306 e. The predicted molar refractivity (Wildman–Crippen MR) is 113 cm³/mol. The Kier molecular flexibility index (Phi) is 4.31. The van der Waals surface area contributed by atoms with E-state index in [-0.39, 0.29) is 28.5 Å². The molecule has 0 saturated heterocycles. The molecule has 162 valence electrons. The highest BCUT2D eigenvalue weighted by molar-refractivity contribution is 5.97. The molecule has 0 amide bonds. The van der Waals surface area contributed by atoms with Crippen LogP contribution in [0.1, 0.15) is 72.6 Å². The smallest absolute Gasteiger partial charge is 0.306 e. The summed E-state index contributed by atoms with van der Waals surface area (Å²) >= 11 is 0. The number of esters is 1. The predicted octanol–water partition coefficient (Wildman–Crippen LogP) is 4.82. The topological polar surface area (TPSA) is 60.4 Å². The van der Waals surface area contributed by atoms with Crippen LogP contribution in [0.3, 0.4) is 0 Å². The van der Waals surface area contributed by atoms with Gasteiger partial charge in [0.2, 0.25) is 0 Å². The molecular formula is C26H34O4. The summed E-state index contributed by atoms with van der Waals surface area (Å²) in [7, 11) is 0. The van der Waals surface area contributed by atoms with Crippen molar-refractivity contribution < 1.29 is 19.1 Å². The summed E-state index contributed by atoms with van der Waals surface area (Å²) in [5.74, 6) is 2.01. The minimum absolute atomic E-state index is 0.00695. The van der Waals surface area contributed by atoms with Gasteiger partial charge in [0.05, 0.1) is 0 Å². The molecule has 0 N–H and O–H groups in total. The number of hydrogen-bond donors (Lipinski definition) is 0. The Labute approximate surface area is 179 Å². The minimum atomic E-state index is -0.982. The number of Topliss-reactive ketones (excluding diaryl/α,β-unsaturated/α-hetero) is 1. The Bertz CT molecular complexity index is 883. The normalized spacial score (nSPS) is 48.1. The third-order valence-electron chi connectivity index (χ3n) is 9.88. The van der Waals surface area contributed by atoms with Crippen molar-refractivity contribution in [2.75, 3.05) is 0 Å². The van der Waals surface area contributed by atoms with Crippen LogP contribution in [-0.4, -0.2) is 23.1 Å². The van der Waals surface area contributed by atoms with E-state index in [4.69, 9.17) is 4.74 Å². The molecule has 0 bridgehead atoms. The highest BCUT2D eigenvalue weighted by atomic mass is 16.6. The van der Waals surface area contributed by atoms with Crippen LogP contribution in [-0.2, 0) is 19.1 Å². The fourth-order valence-electron chi connectivity index (χ4n) is 8.16. The van der Waals surface area contributed by atoms with E-state index in [2.05, 4.69) is 26.0 Å². The molecule has 0 aromatic carbocycles. The quantitative estimate of drug-likeness (QED) is 0.624. The van der Waals surface area contributed by atoms with E-state index in [1.807, 2.05) is 13.0 Å². The molecule has 4 heteroatoms. The van der Waals surface area contributed by atoms with Gasteiger partial charge in [0.1, 0.15) is 0 Å². The summed E-state index contributed by atoms with van der Waals surface area (Å²) in [5, 5.41) is 0. The van der Waals surface area contributed by atoms with E-state index >= 15 is 0 Å². The summed E-state index contributed by atoms with van der Waals surface area (Å²) in [5.41, 5.74) is -0.00986. The Morgan fingerprint density at radius 1 is 1.13 bits per heavy atom. The van der Waals surface area contributed by atoms with Gasteiger partial charge in [0, 0.05) is 17.8 Å². The number of allylic oxidation sites excluding steroid dienone is 4. The van der Waals surface area contributed by atoms with E-state index < -0.39 is 5.60 Å². The number of hydrogen-bond acceptors (Lipinski definition) is 4. The van der Waals surface area contributed by atoms with Crippen LogP contribution in [0.25, 0.3) is 0 Å². The molecular weight excluding hydrogens is 376 g/mol. The van der Waals surface area contributed by atoms with Crippen LogP contribution in [0, 0.1) is 40.4 Å². The Hall–Kier alpha value is -1.71. The Morgan fingerprint density at radius 2 is 1.87 bits per heavy atom. The summed E-state index contributed by atoms with van der Waals surface area (Å²) in [6, 6.07) is 0. The number of fused-ring (bicyclic) bond motifs is 7. The first-order chi connectivity index (χ1) is 14.2. The van der Waals surface area contributed by atoms with Gasteiger partial charge in [-0.2, -0.15) is 0 Å². The fraction of sp³-hybridized carbons (Fsp3) is 0.731. The lowest BCUT2D eigenvalue weighted by Gasteiger charge is -2.57. The molecule has 4 nitrogen and oxygen atoms in total. The molecule has 5 aliphatic carbocycles. The van der Waals surface area contributed by atoms with Crippen molar-refractivity contribution in [1.82, 2.24) is 0 Å². The largest absolute Gasteiger partial charge is 0.450 e. The monoisotopic (exact) mass is 410 g/mol. The van der Waals surface area contributed by atoms with E-state index in [0.29, 0.717) is 42.3 Å². The highest BCUT2D eigenvalue weighted by Crippen LogP contribution is 2.71. The van der Waals surface area contributed by atoms with Crippen molar-refractivity contribution in [3.63, 3.8) is 0 Å². The van der Waals surface area contributed by atoms with Gasteiger partial charge in [-0.05, 0) is 86.2 Å². The van der Waals surface area contributed by atoms with Crippen molar-refractivity contribution in [2.45, 2.75) is 78.2 Å². The van der Waals surface area contributed by atoms with Gasteiger partial charge in [0.25, 0.3) is 0 Å². The lowest BCUT2D eigenvalue weighted by Crippen LogP contribution is -2.58. The zero-order chi connectivity index (χ0) is 21.5. The maximum atomic E-state index is 13.0. The van der Waals surface area contributed by atoms with Gasteiger partial charge in [-0.3, -0.25) is 14.4 Å². The van der Waals surface area contributed by atoms with Crippen LogP contribution in [0.15, 0.2) is 23.8 Å². The van der Waals surface area contributed by atoms with Crippen LogP contribution < -0.4 is 0 Å². The second kappa shape index (κ2) is 6.40. The average molecular weight is 411 g/mol. The molecule has 3 saturated carbocycles. The van der Waals surface area contributed by atoms with Crippen molar-refractivity contribution in [3.8, 4) is 0 Å². The second-order valence-corrected chi connectivity index (χ2v) is 11.0. The van der Waals surface area contributed by atoms with Crippen molar-refractivity contribution in [3.05, 3.63) is 23.8 Å². The second-order valence-electron chi connectivity index (χ2n) is 11.0. The van der Waals surface area contributed by atoms with Crippen LogP contribution in [0.4, 0.5) is 0 Å². The van der Waals surface area contributed by atoms with Crippen LogP contribution in [0.5, 0.6) is 0 Å². The Balaban J connectivity index is 1.52. The van der Waals surface area contributed by atoms with E-state index in [0.717, 1.165) is 32.1 Å². The molecule has 0 spiro atoms. The number of rotatable bonds is 4. The third-order valence-corrected chi connectivity index (χ3v) is 9.88.